The molecule has 1 N–H and O–H groups in total. The first kappa shape index (κ1) is 9.94. The number of anilines is 1. The van der Waals surface area contributed by atoms with Crippen molar-refractivity contribution < 1.29 is 4.74 Å². The van der Waals surface area contributed by atoms with Gasteiger partial charge >= 0.3 is 0 Å². The summed E-state index contributed by atoms with van der Waals surface area (Å²) in [5.74, 6) is 0. The summed E-state index contributed by atoms with van der Waals surface area (Å²) < 4.78 is 5.19. The normalized spacial score (nSPS) is 24.0. The number of ether oxygens (including phenoxy) is 1. The van der Waals surface area contributed by atoms with Gasteiger partial charge in [0.1, 0.15) is 11.8 Å². The Morgan fingerprint density at radius 1 is 1.60 bits per heavy atom. The van der Waals surface area contributed by atoms with Crippen LogP contribution >= 0.6 is 0 Å². The van der Waals surface area contributed by atoms with Gasteiger partial charge in [0.2, 0.25) is 0 Å². The summed E-state index contributed by atoms with van der Waals surface area (Å²) in [4.78, 5) is 3.91. The summed E-state index contributed by atoms with van der Waals surface area (Å²) in [7, 11) is 1.74. The van der Waals surface area contributed by atoms with Crippen LogP contribution < -0.4 is 5.32 Å². The molecule has 1 aliphatic rings. The first-order chi connectivity index (χ1) is 7.31. The topological polar surface area (TPSA) is 57.9 Å². The third kappa shape index (κ3) is 2.25. The first-order valence-electron chi connectivity index (χ1n) is 4.97. The van der Waals surface area contributed by atoms with Crippen LogP contribution in [0.1, 0.15) is 18.5 Å². The fourth-order valence-corrected chi connectivity index (χ4v) is 1.69. The molecule has 4 heteroatoms. The van der Waals surface area contributed by atoms with Crippen molar-refractivity contribution in [1.29, 1.82) is 5.26 Å². The summed E-state index contributed by atoms with van der Waals surface area (Å²) >= 11 is 0. The zero-order valence-electron chi connectivity index (χ0n) is 8.60. The molecule has 1 aromatic rings. The van der Waals surface area contributed by atoms with E-state index in [1.54, 1.807) is 19.4 Å². The number of methoxy groups -OCH3 is 1. The Balaban J connectivity index is 1.92. The number of hydrogen-bond acceptors (Lipinski definition) is 4. The van der Waals surface area contributed by atoms with Crippen molar-refractivity contribution in [1.82, 2.24) is 4.98 Å². The molecular weight excluding hydrogens is 190 g/mol. The molecule has 15 heavy (non-hydrogen) atoms. The Labute approximate surface area is 88.9 Å². The van der Waals surface area contributed by atoms with Gasteiger partial charge in [0.05, 0.1) is 6.10 Å². The molecule has 0 unspecified atom stereocenters. The van der Waals surface area contributed by atoms with Gasteiger partial charge in [-0.1, -0.05) is 0 Å². The zero-order valence-corrected chi connectivity index (χ0v) is 8.60. The van der Waals surface area contributed by atoms with Gasteiger partial charge in [0.15, 0.2) is 0 Å². The van der Waals surface area contributed by atoms with Gasteiger partial charge in [-0.15, -0.1) is 0 Å². The molecule has 0 saturated heterocycles. The molecule has 0 radical (unpaired) electrons. The number of nitrogens with one attached hydrogen (secondary N) is 1. The summed E-state index contributed by atoms with van der Waals surface area (Å²) in [6.45, 7) is 0. The van der Waals surface area contributed by atoms with E-state index in [4.69, 9.17) is 10.00 Å². The predicted octanol–water partition coefficient (Wildman–Crippen LogP) is 1.54. The number of aromatic nitrogens is 1. The van der Waals surface area contributed by atoms with Crippen LogP contribution in [0, 0.1) is 11.3 Å². The molecule has 0 amide bonds. The minimum Gasteiger partial charge on any atom is -0.382 e. The van der Waals surface area contributed by atoms with Crippen molar-refractivity contribution in [3.8, 4) is 6.07 Å². The predicted molar refractivity (Wildman–Crippen MR) is 56.4 cm³/mol. The number of nitrogens with zero attached hydrogens (tertiary/aromatic N) is 2. The average Bonchev–Trinajstić information content (AvgIpc) is 2.23. The lowest BCUT2D eigenvalue weighted by molar-refractivity contribution is 0.0329. The quantitative estimate of drug-likeness (QED) is 0.809. The Bertz CT molecular complexity index is 380. The van der Waals surface area contributed by atoms with Crippen LogP contribution in [0.15, 0.2) is 18.3 Å². The maximum Gasteiger partial charge on any atom is 0.142 e. The minimum atomic E-state index is 0.389. The Kier molecular flexibility index (Phi) is 2.84. The highest BCUT2D eigenvalue weighted by Gasteiger charge is 2.28. The lowest BCUT2D eigenvalue weighted by Crippen LogP contribution is -2.40. The van der Waals surface area contributed by atoms with E-state index in [2.05, 4.69) is 10.3 Å². The summed E-state index contributed by atoms with van der Waals surface area (Å²) in [5.41, 5.74) is 1.41. The molecule has 1 fully saturated rings. The fraction of sp³-hybridized carbons (Fsp3) is 0.455. The van der Waals surface area contributed by atoms with E-state index in [9.17, 15) is 0 Å². The van der Waals surface area contributed by atoms with E-state index in [0.29, 0.717) is 17.8 Å². The number of nitriles is 1. The number of pyridine rings is 1. The van der Waals surface area contributed by atoms with E-state index >= 15 is 0 Å². The van der Waals surface area contributed by atoms with Crippen LogP contribution in [0.2, 0.25) is 0 Å². The van der Waals surface area contributed by atoms with E-state index in [0.717, 1.165) is 18.5 Å². The van der Waals surface area contributed by atoms with Crippen LogP contribution in [0.25, 0.3) is 0 Å². The van der Waals surface area contributed by atoms with Gasteiger partial charge in [0, 0.05) is 25.0 Å². The van der Waals surface area contributed by atoms with Crippen molar-refractivity contribution in [3.63, 3.8) is 0 Å². The molecule has 78 valence electrons. The highest BCUT2D eigenvalue weighted by Crippen LogP contribution is 2.26. The second-order valence-electron chi connectivity index (χ2n) is 3.71. The van der Waals surface area contributed by atoms with Gasteiger partial charge in [-0.2, -0.15) is 5.26 Å². The van der Waals surface area contributed by atoms with Crippen LogP contribution in [0.3, 0.4) is 0 Å². The van der Waals surface area contributed by atoms with Gasteiger partial charge in [-0.05, 0) is 25.0 Å². The van der Waals surface area contributed by atoms with E-state index < -0.39 is 0 Å². The summed E-state index contributed by atoms with van der Waals surface area (Å²) in [6, 6.07) is 6.12. The molecule has 0 spiro atoms. The third-order valence-electron chi connectivity index (χ3n) is 2.67. The van der Waals surface area contributed by atoms with Crippen molar-refractivity contribution in [3.05, 3.63) is 24.0 Å². The van der Waals surface area contributed by atoms with Gasteiger partial charge < -0.3 is 10.1 Å². The zero-order chi connectivity index (χ0) is 10.7. The molecule has 4 nitrogen and oxygen atoms in total. The van der Waals surface area contributed by atoms with E-state index in [-0.39, 0.29) is 0 Å². The number of hydrogen-bond donors (Lipinski definition) is 1. The average molecular weight is 203 g/mol. The lowest BCUT2D eigenvalue weighted by atomic mass is 9.89. The maximum absolute atomic E-state index is 8.69. The highest BCUT2D eigenvalue weighted by molar-refractivity contribution is 5.47. The smallest absolute Gasteiger partial charge is 0.142 e. The lowest BCUT2D eigenvalue weighted by Gasteiger charge is -2.35. The summed E-state index contributed by atoms with van der Waals surface area (Å²) in [5, 5.41) is 12.0. The largest absolute Gasteiger partial charge is 0.382 e. The van der Waals surface area contributed by atoms with Crippen LogP contribution in [-0.2, 0) is 4.74 Å². The Hall–Kier alpha value is -1.60. The van der Waals surface area contributed by atoms with Gasteiger partial charge in [-0.25, -0.2) is 4.98 Å². The highest BCUT2D eigenvalue weighted by atomic mass is 16.5. The van der Waals surface area contributed by atoms with Crippen molar-refractivity contribution in [2.24, 2.45) is 0 Å². The molecule has 1 saturated carbocycles. The van der Waals surface area contributed by atoms with Gasteiger partial charge in [0.25, 0.3) is 0 Å². The molecule has 0 bridgehead atoms. The van der Waals surface area contributed by atoms with Crippen molar-refractivity contribution in [2.45, 2.75) is 25.0 Å². The second kappa shape index (κ2) is 4.28. The SMILES string of the molecule is COC1CC(Nc2ccnc(C#N)c2)C1. The summed E-state index contributed by atoms with van der Waals surface area (Å²) in [6.07, 6.45) is 4.09. The van der Waals surface area contributed by atoms with Crippen LogP contribution in [0.5, 0.6) is 0 Å². The molecule has 1 heterocycles. The molecule has 0 aromatic carbocycles. The van der Waals surface area contributed by atoms with Crippen molar-refractivity contribution >= 4 is 5.69 Å². The van der Waals surface area contributed by atoms with Crippen LogP contribution in [-0.4, -0.2) is 24.2 Å². The van der Waals surface area contributed by atoms with Gasteiger partial charge in [-0.3, -0.25) is 0 Å². The Morgan fingerprint density at radius 2 is 2.40 bits per heavy atom. The van der Waals surface area contributed by atoms with E-state index in [1.807, 2.05) is 12.1 Å². The van der Waals surface area contributed by atoms with Crippen LogP contribution in [0.4, 0.5) is 5.69 Å². The second-order valence-corrected chi connectivity index (χ2v) is 3.71. The first-order valence-corrected chi connectivity index (χ1v) is 4.97. The molecule has 2 rings (SSSR count). The standard InChI is InChI=1S/C11H13N3O/c1-15-11-5-9(6-11)14-8-2-3-13-10(4-8)7-12/h2-4,9,11H,5-6H2,1H3,(H,13,14). The molecule has 1 aromatic heterocycles. The van der Waals surface area contributed by atoms with Crippen molar-refractivity contribution in [2.75, 3.05) is 12.4 Å². The number of rotatable bonds is 3. The molecule has 1 aliphatic carbocycles. The monoisotopic (exact) mass is 203 g/mol. The molecule has 0 atom stereocenters. The Morgan fingerprint density at radius 3 is 3.07 bits per heavy atom. The molecular formula is C11H13N3O. The third-order valence-corrected chi connectivity index (χ3v) is 2.67. The van der Waals surface area contributed by atoms with E-state index in [1.165, 1.54) is 0 Å². The molecule has 0 aliphatic heterocycles. The minimum absolute atomic E-state index is 0.389. The maximum atomic E-state index is 8.69. The fourth-order valence-electron chi connectivity index (χ4n) is 1.69.